The minimum Gasteiger partial charge on any atom is -0.312 e. The Morgan fingerprint density at radius 3 is 2.80 bits per heavy atom. The number of hydrogen-bond donors (Lipinski definition) is 2. The minimum absolute atomic E-state index is 0.00323. The molecule has 0 radical (unpaired) electrons. The molecule has 1 aliphatic carbocycles. The molecule has 7 heteroatoms. The molecule has 114 valence electrons. The lowest BCUT2D eigenvalue weighted by Crippen LogP contribution is -2.32. The summed E-state index contributed by atoms with van der Waals surface area (Å²) >= 11 is 4.84. The van der Waals surface area contributed by atoms with E-state index in [9.17, 15) is 8.42 Å². The Morgan fingerprint density at radius 1 is 1.50 bits per heavy atom. The molecule has 1 saturated carbocycles. The predicted molar refractivity (Wildman–Crippen MR) is 86.5 cm³/mol. The molecule has 20 heavy (non-hydrogen) atoms. The first kappa shape index (κ1) is 16.4. The zero-order valence-corrected chi connectivity index (χ0v) is 15.0. The van der Waals surface area contributed by atoms with Crippen molar-refractivity contribution < 1.29 is 8.42 Å². The molecule has 0 aromatic carbocycles. The Morgan fingerprint density at radius 2 is 2.20 bits per heavy atom. The topological polar surface area (TPSA) is 58.2 Å². The van der Waals surface area contributed by atoms with Gasteiger partial charge in [-0.1, -0.05) is 19.8 Å². The molecule has 0 aliphatic heterocycles. The average Bonchev–Trinajstić information content (AvgIpc) is 3.06. The first-order valence-electron chi connectivity index (χ1n) is 6.93. The van der Waals surface area contributed by atoms with Crippen molar-refractivity contribution in [3.63, 3.8) is 0 Å². The van der Waals surface area contributed by atoms with Crippen molar-refractivity contribution in [2.24, 2.45) is 5.92 Å². The summed E-state index contributed by atoms with van der Waals surface area (Å²) in [4.78, 5) is 1.38. The van der Waals surface area contributed by atoms with E-state index in [0.717, 1.165) is 17.8 Å². The van der Waals surface area contributed by atoms with Crippen LogP contribution in [0.5, 0.6) is 0 Å². The molecule has 0 spiro atoms. The summed E-state index contributed by atoms with van der Waals surface area (Å²) in [6.07, 6.45) is 3.41. The van der Waals surface area contributed by atoms with Crippen LogP contribution in [-0.4, -0.2) is 21.0 Å². The summed E-state index contributed by atoms with van der Waals surface area (Å²) in [5.41, 5.74) is 0. The molecule has 1 atom stereocenters. The van der Waals surface area contributed by atoms with Crippen LogP contribution >= 0.6 is 27.3 Å². The number of nitrogens with one attached hydrogen (secondary N) is 2. The van der Waals surface area contributed by atoms with Gasteiger partial charge in [-0.15, -0.1) is 11.3 Å². The monoisotopic (exact) mass is 380 g/mol. The van der Waals surface area contributed by atoms with Crippen LogP contribution in [0, 0.1) is 5.92 Å². The number of hydrogen-bond acceptors (Lipinski definition) is 4. The maximum atomic E-state index is 12.4. The number of halogens is 1. The second kappa shape index (κ2) is 6.87. The van der Waals surface area contributed by atoms with Gasteiger partial charge in [0.1, 0.15) is 4.90 Å². The van der Waals surface area contributed by atoms with E-state index in [1.54, 1.807) is 6.07 Å². The van der Waals surface area contributed by atoms with Gasteiger partial charge in [-0.25, -0.2) is 13.1 Å². The van der Waals surface area contributed by atoms with Gasteiger partial charge in [-0.05, 0) is 47.8 Å². The second-order valence-electron chi connectivity index (χ2n) is 5.33. The maximum Gasteiger partial charge on any atom is 0.242 e. The molecule has 1 unspecified atom stereocenters. The molecular weight excluding hydrogens is 360 g/mol. The summed E-state index contributed by atoms with van der Waals surface area (Å²) in [6, 6.07) is 1.75. The number of thiophene rings is 1. The highest BCUT2D eigenvalue weighted by Crippen LogP contribution is 2.35. The standard InChI is InChI=1S/C13H21BrN2O2S2/c1-3-15-8-11-7-12(13(14)19-11)20(17,18)16-9(2)6-10-4-5-10/h7,9-10,15-16H,3-6,8H2,1-2H3. The van der Waals surface area contributed by atoms with Gasteiger partial charge in [0.05, 0.1) is 3.79 Å². The van der Waals surface area contributed by atoms with Crippen molar-refractivity contribution in [3.8, 4) is 0 Å². The van der Waals surface area contributed by atoms with Gasteiger partial charge < -0.3 is 5.32 Å². The summed E-state index contributed by atoms with van der Waals surface area (Å²) in [5.74, 6) is 0.711. The fraction of sp³-hybridized carbons (Fsp3) is 0.692. The van der Waals surface area contributed by atoms with E-state index >= 15 is 0 Å². The van der Waals surface area contributed by atoms with Crippen molar-refractivity contribution >= 4 is 37.3 Å². The maximum absolute atomic E-state index is 12.4. The Labute approximate surface area is 133 Å². The van der Waals surface area contributed by atoms with Crippen molar-refractivity contribution in [1.82, 2.24) is 10.0 Å². The van der Waals surface area contributed by atoms with Gasteiger partial charge in [-0.2, -0.15) is 0 Å². The zero-order chi connectivity index (χ0) is 14.8. The highest BCUT2D eigenvalue weighted by atomic mass is 79.9. The first-order chi connectivity index (χ1) is 9.42. The van der Waals surface area contributed by atoms with Crippen molar-refractivity contribution in [1.29, 1.82) is 0 Å². The normalized spacial score (nSPS) is 17.4. The molecule has 1 fully saturated rings. The lowest BCUT2D eigenvalue weighted by atomic mass is 10.2. The summed E-state index contributed by atoms with van der Waals surface area (Å²) in [6.45, 7) is 5.54. The highest BCUT2D eigenvalue weighted by molar-refractivity contribution is 9.11. The van der Waals surface area contributed by atoms with Crippen LogP contribution in [0.15, 0.2) is 14.7 Å². The molecule has 0 amide bonds. The quantitative estimate of drug-likeness (QED) is 0.728. The van der Waals surface area contributed by atoms with Gasteiger partial charge in [0.15, 0.2) is 0 Å². The molecule has 1 heterocycles. The molecule has 1 aromatic rings. The third-order valence-electron chi connectivity index (χ3n) is 3.29. The van der Waals surface area contributed by atoms with E-state index < -0.39 is 10.0 Å². The zero-order valence-electron chi connectivity index (χ0n) is 11.8. The molecule has 2 N–H and O–H groups in total. The Hall–Kier alpha value is 0.0500. The smallest absolute Gasteiger partial charge is 0.242 e. The first-order valence-corrected chi connectivity index (χ1v) is 10.0. The van der Waals surface area contributed by atoms with Crippen LogP contribution < -0.4 is 10.0 Å². The van der Waals surface area contributed by atoms with Crippen molar-refractivity contribution in [2.75, 3.05) is 6.54 Å². The Balaban J connectivity index is 2.05. The van der Waals surface area contributed by atoms with Crippen LogP contribution in [0.2, 0.25) is 0 Å². The molecule has 1 aliphatic rings. The lowest BCUT2D eigenvalue weighted by Gasteiger charge is -2.13. The van der Waals surface area contributed by atoms with Crippen LogP contribution in [0.25, 0.3) is 0 Å². The molecule has 0 bridgehead atoms. The van der Waals surface area contributed by atoms with E-state index in [2.05, 4.69) is 26.0 Å². The molecule has 1 aromatic heterocycles. The van der Waals surface area contributed by atoms with Crippen LogP contribution in [-0.2, 0) is 16.6 Å². The van der Waals surface area contributed by atoms with E-state index in [1.165, 1.54) is 24.2 Å². The van der Waals surface area contributed by atoms with Gasteiger partial charge in [0.2, 0.25) is 10.0 Å². The predicted octanol–water partition coefficient (Wildman–Crippen LogP) is 3.09. The van der Waals surface area contributed by atoms with Gasteiger partial charge >= 0.3 is 0 Å². The average molecular weight is 381 g/mol. The summed E-state index contributed by atoms with van der Waals surface area (Å²) < 4.78 is 28.3. The van der Waals surface area contributed by atoms with Crippen molar-refractivity contribution in [2.45, 2.75) is 50.6 Å². The largest absolute Gasteiger partial charge is 0.312 e. The van der Waals surface area contributed by atoms with E-state index in [4.69, 9.17) is 0 Å². The SMILES string of the molecule is CCNCc1cc(S(=O)(=O)NC(C)CC2CC2)c(Br)s1. The van der Waals surface area contributed by atoms with Gasteiger partial charge in [0.25, 0.3) is 0 Å². The third-order valence-corrected chi connectivity index (χ3v) is 7.13. The summed E-state index contributed by atoms with van der Waals surface area (Å²) in [7, 11) is -3.43. The van der Waals surface area contributed by atoms with Crippen molar-refractivity contribution in [3.05, 3.63) is 14.7 Å². The Bertz CT molecular complexity index is 553. The Kier molecular flexibility index (Phi) is 5.64. The van der Waals surface area contributed by atoms with Crippen LogP contribution in [0.1, 0.15) is 38.0 Å². The minimum atomic E-state index is -3.43. The fourth-order valence-electron chi connectivity index (χ4n) is 2.15. The third kappa shape index (κ3) is 4.53. The van der Waals surface area contributed by atoms with Gasteiger partial charge in [0, 0.05) is 17.5 Å². The molecule has 4 nitrogen and oxygen atoms in total. The van der Waals surface area contributed by atoms with E-state index in [1.807, 2.05) is 13.8 Å². The molecule has 2 rings (SSSR count). The highest BCUT2D eigenvalue weighted by Gasteiger charge is 2.27. The molecule has 0 saturated heterocycles. The van der Waals surface area contributed by atoms with E-state index in [0.29, 0.717) is 21.1 Å². The van der Waals surface area contributed by atoms with Gasteiger partial charge in [-0.3, -0.25) is 0 Å². The van der Waals surface area contributed by atoms with E-state index in [-0.39, 0.29) is 6.04 Å². The number of sulfonamides is 1. The van der Waals surface area contributed by atoms with Crippen LogP contribution in [0.4, 0.5) is 0 Å². The lowest BCUT2D eigenvalue weighted by molar-refractivity contribution is 0.530. The fourth-order valence-corrected chi connectivity index (χ4v) is 6.05. The van der Waals surface area contributed by atoms with Crippen LogP contribution in [0.3, 0.4) is 0 Å². The second-order valence-corrected chi connectivity index (χ2v) is 9.47. The molecular formula is C13H21BrN2O2S2. The summed E-state index contributed by atoms with van der Waals surface area (Å²) in [5, 5.41) is 3.21. The number of rotatable bonds is 8.